The van der Waals surface area contributed by atoms with Crippen LogP contribution < -0.4 is 14.8 Å². The Labute approximate surface area is 142 Å². The van der Waals surface area contributed by atoms with Crippen LogP contribution in [0.4, 0.5) is 10.5 Å². The van der Waals surface area contributed by atoms with Crippen LogP contribution in [-0.4, -0.2) is 48.7 Å². The number of benzene rings is 1. The van der Waals surface area contributed by atoms with Gasteiger partial charge in [0.2, 0.25) is 0 Å². The number of hydrogen-bond acceptors (Lipinski definition) is 4. The standard InChI is InChI=1S/C17H26N2O3S/c1-12(2)22-15-6-5-14(9-16(15)21-4)18-17(20)19-7-8-23-11-13(3)10-19/h5-6,9,12-13H,7-8,10-11H2,1-4H3,(H,18,20). The Balaban J connectivity index is 2.05. The average Bonchev–Trinajstić information content (AvgIpc) is 2.73. The Hall–Kier alpha value is -1.56. The van der Waals surface area contributed by atoms with E-state index in [0.29, 0.717) is 23.1 Å². The van der Waals surface area contributed by atoms with Crippen molar-refractivity contribution < 1.29 is 14.3 Å². The van der Waals surface area contributed by atoms with Gasteiger partial charge < -0.3 is 19.7 Å². The molecule has 6 heteroatoms. The molecule has 1 aromatic rings. The Kier molecular flexibility index (Phi) is 6.45. The van der Waals surface area contributed by atoms with E-state index in [-0.39, 0.29) is 12.1 Å². The third-order valence-corrected chi connectivity index (χ3v) is 4.78. The van der Waals surface area contributed by atoms with E-state index in [1.165, 1.54) is 0 Å². The van der Waals surface area contributed by atoms with Crippen LogP contribution in [0.1, 0.15) is 20.8 Å². The molecule has 0 aliphatic carbocycles. The monoisotopic (exact) mass is 338 g/mol. The molecule has 23 heavy (non-hydrogen) atoms. The van der Waals surface area contributed by atoms with Crippen molar-refractivity contribution in [3.63, 3.8) is 0 Å². The molecule has 0 radical (unpaired) electrons. The van der Waals surface area contributed by atoms with Crippen molar-refractivity contribution in [3.05, 3.63) is 18.2 Å². The van der Waals surface area contributed by atoms with Gasteiger partial charge in [-0.15, -0.1) is 0 Å². The maximum atomic E-state index is 12.5. The molecule has 128 valence electrons. The van der Waals surface area contributed by atoms with Gasteiger partial charge in [0.05, 0.1) is 13.2 Å². The number of methoxy groups -OCH3 is 1. The molecule has 5 nitrogen and oxygen atoms in total. The number of anilines is 1. The first-order valence-electron chi connectivity index (χ1n) is 7.98. The molecule has 0 bridgehead atoms. The lowest BCUT2D eigenvalue weighted by Crippen LogP contribution is -2.38. The third-order valence-electron chi connectivity index (χ3n) is 3.50. The van der Waals surface area contributed by atoms with Gasteiger partial charge in [-0.1, -0.05) is 6.92 Å². The minimum Gasteiger partial charge on any atom is -0.493 e. The molecule has 1 heterocycles. The van der Waals surface area contributed by atoms with Crippen LogP contribution in [-0.2, 0) is 0 Å². The molecule has 1 saturated heterocycles. The predicted octanol–water partition coefficient (Wildman–Crippen LogP) is 3.70. The highest BCUT2D eigenvalue weighted by atomic mass is 32.2. The fourth-order valence-electron chi connectivity index (χ4n) is 2.46. The summed E-state index contributed by atoms with van der Waals surface area (Å²) in [6, 6.07) is 5.41. The molecule has 1 aliphatic rings. The molecule has 0 aromatic heterocycles. The first-order chi connectivity index (χ1) is 11.0. The largest absolute Gasteiger partial charge is 0.493 e. The number of urea groups is 1. The highest BCUT2D eigenvalue weighted by molar-refractivity contribution is 7.99. The van der Waals surface area contributed by atoms with Crippen molar-refractivity contribution in [2.45, 2.75) is 26.9 Å². The summed E-state index contributed by atoms with van der Waals surface area (Å²) in [6.45, 7) is 7.69. The molecule has 1 N–H and O–H groups in total. The number of thioether (sulfide) groups is 1. The molecule has 1 unspecified atom stereocenters. The van der Waals surface area contributed by atoms with Crippen LogP contribution in [0.5, 0.6) is 11.5 Å². The molecule has 2 amide bonds. The maximum absolute atomic E-state index is 12.5. The van der Waals surface area contributed by atoms with Gasteiger partial charge in [0, 0.05) is 30.6 Å². The van der Waals surface area contributed by atoms with E-state index < -0.39 is 0 Å². The van der Waals surface area contributed by atoms with Crippen molar-refractivity contribution in [2.24, 2.45) is 5.92 Å². The molecule has 1 atom stereocenters. The lowest BCUT2D eigenvalue weighted by atomic mass is 10.2. The number of carbonyl (C=O) groups is 1. The topological polar surface area (TPSA) is 50.8 Å². The first kappa shape index (κ1) is 17.8. The molecular weight excluding hydrogens is 312 g/mol. The number of rotatable bonds is 4. The molecule has 1 aliphatic heterocycles. The van der Waals surface area contributed by atoms with Crippen LogP contribution in [0.15, 0.2) is 18.2 Å². The third kappa shape index (κ3) is 5.23. The van der Waals surface area contributed by atoms with Crippen LogP contribution in [0.2, 0.25) is 0 Å². The van der Waals surface area contributed by atoms with Crippen molar-refractivity contribution in [2.75, 3.05) is 37.0 Å². The number of carbonyl (C=O) groups excluding carboxylic acids is 1. The summed E-state index contributed by atoms with van der Waals surface area (Å²) in [5.74, 6) is 3.92. The number of nitrogens with zero attached hydrogens (tertiary/aromatic N) is 1. The molecule has 2 rings (SSSR count). The van der Waals surface area contributed by atoms with Crippen molar-refractivity contribution >= 4 is 23.5 Å². The minimum absolute atomic E-state index is 0.0565. The van der Waals surface area contributed by atoms with E-state index in [9.17, 15) is 4.79 Å². The summed E-state index contributed by atoms with van der Waals surface area (Å²) < 4.78 is 11.0. The highest BCUT2D eigenvalue weighted by Crippen LogP contribution is 2.31. The zero-order valence-corrected chi connectivity index (χ0v) is 15.1. The molecular formula is C17H26N2O3S. The van der Waals surface area contributed by atoms with Crippen LogP contribution in [0.3, 0.4) is 0 Å². The number of ether oxygens (including phenoxy) is 2. The quantitative estimate of drug-likeness (QED) is 0.909. The molecule has 0 spiro atoms. The van der Waals surface area contributed by atoms with Crippen molar-refractivity contribution in [1.82, 2.24) is 4.90 Å². The van der Waals surface area contributed by atoms with E-state index >= 15 is 0 Å². The number of amides is 2. The van der Waals surface area contributed by atoms with Gasteiger partial charge in [-0.2, -0.15) is 11.8 Å². The summed E-state index contributed by atoms with van der Waals surface area (Å²) in [5, 5.41) is 2.96. The van der Waals surface area contributed by atoms with E-state index in [4.69, 9.17) is 9.47 Å². The second-order valence-electron chi connectivity index (χ2n) is 6.09. The molecule has 1 fully saturated rings. The van der Waals surface area contributed by atoms with Crippen molar-refractivity contribution in [1.29, 1.82) is 0 Å². The summed E-state index contributed by atoms with van der Waals surface area (Å²) in [4.78, 5) is 14.3. The lowest BCUT2D eigenvalue weighted by molar-refractivity contribution is 0.209. The van der Waals surface area contributed by atoms with Gasteiger partial charge in [0.15, 0.2) is 11.5 Å². The van der Waals surface area contributed by atoms with Crippen LogP contribution in [0.25, 0.3) is 0 Å². The van der Waals surface area contributed by atoms with Gasteiger partial charge in [0.25, 0.3) is 0 Å². The fourth-order valence-corrected chi connectivity index (χ4v) is 3.49. The first-order valence-corrected chi connectivity index (χ1v) is 9.13. The zero-order valence-electron chi connectivity index (χ0n) is 14.3. The summed E-state index contributed by atoms with van der Waals surface area (Å²) in [5.41, 5.74) is 0.715. The normalized spacial score (nSPS) is 18.5. The smallest absolute Gasteiger partial charge is 0.321 e. The Morgan fingerprint density at radius 1 is 1.39 bits per heavy atom. The van der Waals surface area contributed by atoms with Gasteiger partial charge in [-0.25, -0.2) is 4.79 Å². The lowest BCUT2D eigenvalue weighted by Gasteiger charge is -2.23. The highest BCUT2D eigenvalue weighted by Gasteiger charge is 2.20. The Morgan fingerprint density at radius 2 is 2.17 bits per heavy atom. The summed E-state index contributed by atoms with van der Waals surface area (Å²) in [6.07, 6.45) is 0.0698. The van der Waals surface area contributed by atoms with Gasteiger partial charge in [-0.3, -0.25) is 0 Å². The molecule has 1 aromatic carbocycles. The SMILES string of the molecule is COc1cc(NC(=O)N2CCSCC(C)C2)ccc1OC(C)C. The van der Waals surface area contributed by atoms with Gasteiger partial charge in [-0.05, 0) is 37.7 Å². The van der Waals surface area contributed by atoms with Gasteiger partial charge >= 0.3 is 6.03 Å². The average molecular weight is 338 g/mol. The number of hydrogen-bond donors (Lipinski definition) is 1. The van der Waals surface area contributed by atoms with E-state index in [1.807, 2.05) is 42.6 Å². The molecule has 0 saturated carbocycles. The Bertz CT molecular complexity index is 537. The van der Waals surface area contributed by atoms with Crippen LogP contribution in [0, 0.1) is 5.92 Å². The maximum Gasteiger partial charge on any atom is 0.321 e. The minimum atomic E-state index is -0.0565. The second-order valence-corrected chi connectivity index (χ2v) is 7.24. The zero-order chi connectivity index (χ0) is 16.8. The van der Waals surface area contributed by atoms with E-state index in [0.717, 1.165) is 24.6 Å². The predicted molar refractivity (Wildman–Crippen MR) is 95.8 cm³/mol. The van der Waals surface area contributed by atoms with Crippen LogP contribution >= 0.6 is 11.8 Å². The summed E-state index contributed by atoms with van der Waals surface area (Å²) >= 11 is 1.91. The van der Waals surface area contributed by atoms with E-state index in [2.05, 4.69) is 12.2 Å². The number of nitrogens with one attached hydrogen (secondary N) is 1. The van der Waals surface area contributed by atoms with Crippen molar-refractivity contribution in [3.8, 4) is 11.5 Å². The Morgan fingerprint density at radius 3 is 2.87 bits per heavy atom. The summed E-state index contributed by atoms with van der Waals surface area (Å²) in [7, 11) is 1.60. The fraction of sp³-hybridized carbons (Fsp3) is 0.588. The van der Waals surface area contributed by atoms with Gasteiger partial charge in [0.1, 0.15) is 0 Å². The van der Waals surface area contributed by atoms with E-state index in [1.54, 1.807) is 13.2 Å². The second kappa shape index (κ2) is 8.34.